The summed E-state index contributed by atoms with van der Waals surface area (Å²) in [5.74, 6) is 1.32. The minimum Gasteiger partial charge on any atom is -0.497 e. The van der Waals surface area contributed by atoms with Crippen molar-refractivity contribution in [3.05, 3.63) is 58.2 Å². The number of carbonyl (C=O) groups excluding carboxylic acids is 1. The Hall–Kier alpha value is -2.87. The lowest BCUT2D eigenvalue weighted by Gasteiger charge is -2.09. The van der Waals surface area contributed by atoms with Crippen LogP contribution in [0.1, 0.15) is 40.0 Å². The van der Waals surface area contributed by atoms with E-state index in [1.54, 1.807) is 30.6 Å². The first-order chi connectivity index (χ1) is 12.5. The molecule has 3 aromatic rings. The molecule has 0 aliphatic heterocycles. The predicted molar refractivity (Wildman–Crippen MR) is 96.6 cm³/mol. The number of hydrogen-bond donors (Lipinski definition) is 1. The number of aromatic nitrogens is 2. The average Bonchev–Trinajstić information content (AvgIpc) is 3.29. The zero-order valence-corrected chi connectivity index (χ0v) is 15.5. The van der Waals surface area contributed by atoms with Gasteiger partial charge in [-0.1, -0.05) is 6.07 Å². The van der Waals surface area contributed by atoms with Gasteiger partial charge in [0.25, 0.3) is 5.91 Å². The van der Waals surface area contributed by atoms with E-state index in [1.807, 2.05) is 31.4 Å². The maximum Gasteiger partial charge on any atom is 0.273 e. The van der Waals surface area contributed by atoms with E-state index in [0.717, 1.165) is 10.7 Å². The van der Waals surface area contributed by atoms with E-state index in [1.165, 1.54) is 6.26 Å². The highest BCUT2D eigenvalue weighted by atomic mass is 32.1. The van der Waals surface area contributed by atoms with Crippen LogP contribution < -0.4 is 14.8 Å². The molecular weight excluding hydrogens is 354 g/mol. The molecule has 7 nitrogen and oxygen atoms in total. The SMILES string of the molecule is COc1cccc(OCc2nc(C(=O)NC(C)c3csc(C)n3)co2)c1. The molecule has 0 aliphatic rings. The molecule has 2 heterocycles. The number of carbonyl (C=O) groups is 1. The second-order valence-corrected chi connectivity index (χ2v) is 6.64. The average molecular weight is 373 g/mol. The van der Waals surface area contributed by atoms with Crippen molar-refractivity contribution in [1.82, 2.24) is 15.3 Å². The fourth-order valence-electron chi connectivity index (χ4n) is 2.24. The van der Waals surface area contributed by atoms with E-state index in [9.17, 15) is 4.79 Å². The molecule has 8 heteroatoms. The summed E-state index contributed by atoms with van der Waals surface area (Å²) in [7, 11) is 1.59. The van der Waals surface area contributed by atoms with Crippen LogP contribution in [-0.4, -0.2) is 23.0 Å². The van der Waals surface area contributed by atoms with Crippen LogP contribution in [0.3, 0.4) is 0 Å². The van der Waals surface area contributed by atoms with Crippen molar-refractivity contribution < 1.29 is 18.7 Å². The highest BCUT2D eigenvalue weighted by Crippen LogP contribution is 2.20. The van der Waals surface area contributed by atoms with Gasteiger partial charge in [-0.2, -0.15) is 0 Å². The number of nitrogens with zero attached hydrogens (tertiary/aromatic N) is 2. The van der Waals surface area contributed by atoms with Crippen molar-refractivity contribution in [3.8, 4) is 11.5 Å². The number of nitrogens with one attached hydrogen (secondary N) is 1. The Morgan fingerprint density at radius 2 is 2.15 bits per heavy atom. The summed E-state index contributed by atoms with van der Waals surface area (Å²) in [5.41, 5.74) is 1.03. The third-order valence-corrected chi connectivity index (χ3v) is 4.41. The van der Waals surface area contributed by atoms with Gasteiger partial charge in [0.15, 0.2) is 12.3 Å². The maximum atomic E-state index is 12.3. The molecule has 0 spiro atoms. The molecule has 2 aromatic heterocycles. The molecule has 1 unspecified atom stereocenters. The zero-order valence-electron chi connectivity index (χ0n) is 14.7. The van der Waals surface area contributed by atoms with Gasteiger partial charge in [0, 0.05) is 11.4 Å². The number of ether oxygens (including phenoxy) is 2. The first-order valence-corrected chi connectivity index (χ1v) is 8.87. The van der Waals surface area contributed by atoms with E-state index in [0.29, 0.717) is 17.4 Å². The molecule has 26 heavy (non-hydrogen) atoms. The predicted octanol–water partition coefficient (Wildman–Crippen LogP) is 3.52. The molecule has 1 amide bonds. The van der Waals surface area contributed by atoms with Gasteiger partial charge in [0.1, 0.15) is 17.8 Å². The second kappa shape index (κ2) is 8.01. The molecule has 0 aliphatic carbocycles. The van der Waals surface area contributed by atoms with Crippen LogP contribution in [0, 0.1) is 6.92 Å². The Balaban J connectivity index is 1.57. The number of aryl methyl sites for hydroxylation is 1. The van der Waals surface area contributed by atoms with E-state index < -0.39 is 0 Å². The fourth-order valence-corrected chi connectivity index (χ4v) is 2.95. The molecule has 136 valence electrons. The minimum absolute atomic E-state index is 0.112. The maximum absolute atomic E-state index is 12.3. The van der Waals surface area contributed by atoms with Crippen LogP contribution in [0.4, 0.5) is 0 Å². The number of rotatable bonds is 7. The first-order valence-electron chi connectivity index (χ1n) is 7.99. The summed E-state index contributed by atoms with van der Waals surface area (Å²) in [5, 5.41) is 5.74. The Morgan fingerprint density at radius 1 is 1.35 bits per heavy atom. The number of amides is 1. The van der Waals surface area contributed by atoms with E-state index in [-0.39, 0.29) is 24.2 Å². The third-order valence-electron chi connectivity index (χ3n) is 3.62. The smallest absolute Gasteiger partial charge is 0.273 e. The Labute approximate surface area is 155 Å². The first kappa shape index (κ1) is 17.9. The second-order valence-electron chi connectivity index (χ2n) is 5.58. The summed E-state index contributed by atoms with van der Waals surface area (Å²) < 4.78 is 16.1. The van der Waals surface area contributed by atoms with Crippen LogP contribution >= 0.6 is 11.3 Å². The van der Waals surface area contributed by atoms with Crippen molar-refractivity contribution in [2.45, 2.75) is 26.5 Å². The molecular formula is C18H19N3O4S. The molecule has 1 aromatic carbocycles. The summed E-state index contributed by atoms with van der Waals surface area (Å²) >= 11 is 1.54. The zero-order chi connectivity index (χ0) is 18.5. The molecule has 3 rings (SSSR count). The molecule has 0 bridgehead atoms. The van der Waals surface area contributed by atoms with Crippen LogP contribution in [-0.2, 0) is 6.61 Å². The Kier molecular flexibility index (Phi) is 5.52. The van der Waals surface area contributed by atoms with Crippen molar-refractivity contribution in [1.29, 1.82) is 0 Å². The summed E-state index contributed by atoms with van der Waals surface area (Å²) in [6.07, 6.45) is 1.32. The standard InChI is InChI=1S/C18H19N3O4S/c1-11(16-10-26-12(2)20-16)19-18(22)15-8-25-17(21-15)9-24-14-6-4-5-13(7-14)23-3/h4-8,10-11H,9H2,1-3H3,(H,19,22). The summed E-state index contributed by atoms with van der Waals surface area (Å²) in [4.78, 5) is 20.8. The largest absolute Gasteiger partial charge is 0.497 e. The van der Waals surface area contributed by atoms with Gasteiger partial charge in [-0.3, -0.25) is 4.79 Å². The van der Waals surface area contributed by atoms with Gasteiger partial charge in [-0.25, -0.2) is 9.97 Å². The van der Waals surface area contributed by atoms with Crippen LogP contribution in [0.25, 0.3) is 0 Å². The molecule has 0 fully saturated rings. The number of benzene rings is 1. The lowest BCUT2D eigenvalue weighted by molar-refractivity contribution is 0.0934. The lowest BCUT2D eigenvalue weighted by atomic mass is 10.2. The summed E-state index contributed by atoms with van der Waals surface area (Å²) in [6, 6.07) is 7.00. The monoisotopic (exact) mass is 373 g/mol. The van der Waals surface area contributed by atoms with Crippen molar-refractivity contribution in [2.75, 3.05) is 7.11 Å². The van der Waals surface area contributed by atoms with Gasteiger partial charge in [0.2, 0.25) is 5.89 Å². The molecule has 0 radical (unpaired) electrons. The van der Waals surface area contributed by atoms with Gasteiger partial charge in [-0.15, -0.1) is 11.3 Å². The van der Waals surface area contributed by atoms with Crippen molar-refractivity contribution in [2.24, 2.45) is 0 Å². The Bertz CT molecular complexity index is 890. The number of thiazole rings is 1. The summed E-state index contributed by atoms with van der Waals surface area (Å²) in [6.45, 7) is 3.91. The van der Waals surface area contributed by atoms with Crippen LogP contribution in [0.5, 0.6) is 11.5 Å². The topological polar surface area (TPSA) is 86.5 Å². The number of methoxy groups -OCH3 is 1. The van der Waals surface area contributed by atoms with Crippen molar-refractivity contribution in [3.63, 3.8) is 0 Å². The van der Waals surface area contributed by atoms with Gasteiger partial charge < -0.3 is 19.2 Å². The van der Waals surface area contributed by atoms with E-state index in [2.05, 4.69) is 15.3 Å². The van der Waals surface area contributed by atoms with E-state index in [4.69, 9.17) is 13.9 Å². The molecule has 0 saturated heterocycles. The highest BCUT2D eigenvalue weighted by Gasteiger charge is 2.17. The van der Waals surface area contributed by atoms with Gasteiger partial charge in [-0.05, 0) is 26.0 Å². The van der Waals surface area contributed by atoms with Crippen molar-refractivity contribution >= 4 is 17.2 Å². The third kappa shape index (κ3) is 4.40. The number of hydrogen-bond acceptors (Lipinski definition) is 7. The van der Waals surface area contributed by atoms with Crippen LogP contribution in [0.2, 0.25) is 0 Å². The van der Waals surface area contributed by atoms with Crippen LogP contribution in [0.15, 0.2) is 40.3 Å². The quantitative estimate of drug-likeness (QED) is 0.682. The molecule has 1 N–H and O–H groups in total. The molecule has 0 saturated carbocycles. The number of oxazole rings is 1. The minimum atomic E-state index is -0.320. The lowest BCUT2D eigenvalue weighted by Crippen LogP contribution is -2.27. The van der Waals surface area contributed by atoms with Gasteiger partial charge in [0.05, 0.1) is 23.9 Å². The Morgan fingerprint density at radius 3 is 2.88 bits per heavy atom. The highest BCUT2D eigenvalue weighted by molar-refractivity contribution is 7.09. The van der Waals surface area contributed by atoms with E-state index >= 15 is 0 Å². The van der Waals surface area contributed by atoms with Gasteiger partial charge >= 0.3 is 0 Å². The normalized spacial score (nSPS) is 11.8. The molecule has 1 atom stereocenters. The fraction of sp³-hybridized carbons (Fsp3) is 0.278.